The number of ether oxygens (including phenoxy) is 1. The van der Waals surface area contributed by atoms with Gasteiger partial charge in [0.25, 0.3) is 0 Å². The molecule has 0 N–H and O–H groups in total. The fraction of sp³-hybridized carbons (Fsp3) is 0.417. The van der Waals surface area contributed by atoms with E-state index in [1.807, 2.05) is 13.0 Å². The molecular weight excluding hydrogens is 208 g/mol. The second kappa shape index (κ2) is 6.51. The molecule has 0 aromatic heterocycles. The number of thioether (sulfide) groups is 1. The average Bonchev–Trinajstić information content (AvgIpc) is 2.18. The fourth-order valence-electron chi connectivity index (χ4n) is 1.19. The fourth-order valence-corrected chi connectivity index (χ4v) is 2.14. The molecule has 0 aliphatic rings. The molecule has 1 rings (SSSR count). The summed E-state index contributed by atoms with van der Waals surface area (Å²) in [7, 11) is 0. The lowest BCUT2D eigenvalue weighted by molar-refractivity contribution is -0.142. The number of rotatable bonds is 5. The van der Waals surface area contributed by atoms with E-state index in [-0.39, 0.29) is 5.97 Å². The molecule has 0 fully saturated rings. The van der Waals surface area contributed by atoms with E-state index in [1.165, 1.54) is 10.5 Å². The van der Waals surface area contributed by atoms with Crippen LogP contribution < -0.4 is 0 Å². The van der Waals surface area contributed by atoms with Crippen LogP contribution in [-0.2, 0) is 9.53 Å². The molecule has 82 valence electrons. The van der Waals surface area contributed by atoms with Crippen LogP contribution in [0.3, 0.4) is 0 Å². The van der Waals surface area contributed by atoms with Gasteiger partial charge in [0.1, 0.15) is 0 Å². The van der Waals surface area contributed by atoms with Gasteiger partial charge >= 0.3 is 5.97 Å². The molecule has 15 heavy (non-hydrogen) atoms. The first-order chi connectivity index (χ1) is 7.22. The number of carbonyl (C=O) groups is 1. The van der Waals surface area contributed by atoms with Crippen molar-refractivity contribution in [1.29, 1.82) is 0 Å². The third-order valence-electron chi connectivity index (χ3n) is 1.87. The maximum atomic E-state index is 11.1. The lowest BCUT2D eigenvalue weighted by Gasteiger charge is -2.02. The van der Waals surface area contributed by atoms with Crippen LogP contribution in [0, 0.1) is 6.92 Å². The predicted molar refractivity (Wildman–Crippen MR) is 63.2 cm³/mol. The molecule has 3 heteroatoms. The summed E-state index contributed by atoms with van der Waals surface area (Å²) >= 11 is 1.69. The van der Waals surface area contributed by atoms with Gasteiger partial charge in [-0.15, -0.1) is 11.8 Å². The Kier molecular flexibility index (Phi) is 5.26. The van der Waals surface area contributed by atoms with Crippen molar-refractivity contribution in [3.05, 3.63) is 29.8 Å². The molecule has 0 spiro atoms. The van der Waals surface area contributed by atoms with Crippen molar-refractivity contribution in [2.75, 3.05) is 12.4 Å². The summed E-state index contributed by atoms with van der Waals surface area (Å²) in [6.07, 6.45) is 0.479. The van der Waals surface area contributed by atoms with Crippen LogP contribution in [0.25, 0.3) is 0 Å². The zero-order valence-corrected chi connectivity index (χ0v) is 9.97. The van der Waals surface area contributed by atoms with E-state index in [4.69, 9.17) is 4.74 Å². The maximum absolute atomic E-state index is 11.1. The molecule has 1 aromatic carbocycles. The monoisotopic (exact) mass is 224 g/mol. The first-order valence-corrected chi connectivity index (χ1v) is 6.06. The molecule has 0 atom stereocenters. The highest BCUT2D eigenvalue weighted by Crippen LogP contribution is 2.19. The smallest absolute Gasteiger partial charge is 0.306 e. The zero-order valence-electron chi connectivity index (χ0n) is 9.16. The highest BCUT2D eigenvalue weighted by molar-refractivity contribution is 7.99. The Morgan fingerprint density at radius 1 is 1.47 bits per heavy atom. The van der Waals surface area contributed by atoms with Gasteiger partial charge < -0.3 is 4.74 Å². The minimum atomic E-state index is -0.113. The van der Waals surface area contributed by atoms with Gasteiger partial charge in [0.15, 0.2) is 0 Å². The molecule has 2 nitrogen and oxygen atoms in total. The van der Waals surface area contributed by atoms with Crippen molar-refractivity contribution in [3.63, 3.8) is 0 Å². The highest BCUT2D eigenvalue weighted by atomic mass is 32.2. The van der Waals surface area contributed by atoms with Crippen LogP contribution >= 0.6 is 11.8 Å². The first kappa shape index (κ1) is 12.1. The van der Waals surface area contributed by atoms with E-state index in [9.17, 15) is 4.79 Å². The zero-order chi connectivity index (χ0) is 11.1. The normalized spacial score (nSPS) is 10.0. The molecular formula is C12H16O2S. The lowest BCUT2D eigenvalue weighted by atomic mass is 10.2. The Morgan fingerprint density at radius 3 is 2.93 bits per heavy atom. The summed E-state index contributed by atoms with van der Waals surface area (Å²) in [4.78, 5) is 12.3. The number of hydrogen-bond donors (Lipinski definition) is 0. The van der Waals surface area contributed by atoms with E-state index in [0.29, 0.717) is 13.0 Å². The van der Waals surface area contributed by atoms with E-state index in [2.05, 4.69) is 25.1 Å². The molecule has 0 unspecified atom stereocenters. The van der Waals surface area contributed by atoms with Crippen LogP contribution in [0.2, 0.25) is 0 Å². The number of carbonyl (C=O) groups excluding carboxylic acids is 1. The molecule has 0 radical (unpaired) electrons. The third-order valence-corrected chi connectivity index (χ3v) is 2.87. The van der Waals surface area contributed by atoms with Crippen molar-refractivity contribution in [2.24, 2.45) is 0 Å². The summed E-state index contributed by atoms with van der Waals surface area (Å²) in [5, 5.41) is 0. The predicted octanol–water partition coefficient (Wildman–Crippen LogP) is 3.04. The Balaban J connectivity index is 2.28. The highest BCUT2D eigenvalue weighted by Gasteiger charge is 2.01. The van der Waals surface area contributed by atoms with Crippen molar-refractivity contribution >= 4 is 17.7 Å². The van der Waals surface area contributed by atoms with Gasteiger partial charge in [0.05, 0.1) is 13.0 Å². The standard InChI is InChI=1S/C12H16O2S/c1-3-14-12(13)7-8-15-11-6-4-5-10(2)9-11/h4-6,9H,3,7-8H2,1-2H3. The van der Waals surface area contributed by atoms with Crippen molar-refractivity contribution in [2.45, 2.75) is 25.2 Å². The first-order valence-electron chi connectivity index (χ1n) is 5.07. The number of benzene rings is 1. The minimum Gasteiger partial charge on any atom is -0.466 e. The summed E-state index contributed by atoms with van der Waals surface area (Å²) in [6, 6.07) is 8.27. The molecule has 0 bridgehead atoms. The second-order valence-corrected chi connectivity index (χ2v) is 4.39. The van der Waals surface area contributed by atoms with E-state index >= 15 is 0 Å². The summed E-state index contributed by atoms with van der Waals surface area (Å²) in [5.41, 5.74) is 1.25. The Hall–Kier alpha value is -0.960. The van der Waals surface area contributed by atoms with Gasteiger partial charge in [-0.3, -0.25) is 4.79 Å². The number of esters is 1. The minimum absolute atomic E-state index is 0.113. The van der Waals surface area contributed by atoms with Crippen LogP contribution in [0.1, 0.15) is 18.9 Å². The molecule has 0 amide bonds. The maximum Gasteiger partial charge on any atom is 0.306 e. The largest absolute Gasteiger partial charge is 0.466 e. The molecule has 0 saturated heterocycles. The summed E-state index contributed by atoms with van der Waals surface area (Å²) in [5.74, 6) is 0.667. The molecule has 0 aliphatic heterocycles. The average molecular weight is 224 g/mol. The van der Waals surface area contributed by atoms with E-state index in [0.717, 1.165) is 5.75 Å². The number of hydrogen-bond acceptors (Lipinski definition) is 3. The van der Waals surface area contributed by atoms with Gasteiger partial charge in [-0.05, 0) is 26.0 Å². The van der Waals surface area contributed by atoms with Crippen LogP contribution in [-0.4, -0.2) is 18.3 Å². The molecule has 0 saturated carbocycles. The summed E-state index contributed by atoms with van der Waals surface area (Å²) < 4.78 is 4.85. The van der Waals surface area contributed by atoms with Crippen LogP contribution in [0.5, 0.6) is 0 Å². The SMILES string of the molecule is CCOC(=O)CCSc1cccc(C)c1. The Bertz CT molecular complexity index is 323. The van der Waals surface area contributed by atoms with Gasteiger partial charge in [-0.2, -0.15) is 0 Å². The lowest BCUT2D eigenvalue weighted by Crippen LogP contribution is -2.04. The van der Waals surface area contributed by atoms with Crippen molar-refractivity contribution < 1.29 is 9.53 Å². The van der Waals surface area contributed by atoms with E-state index in [1.54, 1.807) is 11.8 Å². The van der Waals surface area contributed by atoms with Gasteiger partial charge in [-0.25, -0.2) is 0 Å². The van der Waals surface area contributed by atoms with Crippen LogP contribution in [0.15, 0.2) is 29.2 Å². The number of aryl methyl sites for hydroxylation is 1. The van der Waals surface area contributed by atoms with Gasteiger partial charge in [0.2, 0.25) is 0 Å². The quantitative estimate of drug-likeness (QED) is 0.568. The van der Waals surface area contributed by atoms with Crippen LogP contribution in [0.4, 0.5) is 0 Å². The topological polar surface area (TPSA) is 26.3 Å². The second-order valence-electron chi connectivity index (χ2n) is 3.22. The van der Waals surface area contributed by atoms with Crippen molar-refractivity contribution in [1.82, 2.24) is 0 Å². The Morgan fingerprint density at radius 2 is 2.27 bits per heavy atom. The van der Waals surface area contributed by atoms with E-state index < -0.39 is 0 Å². The van der Waals surface area contributed by atoms with Crippen molar-refractivity contribution in [3.8, 4) is 0 Å². The molecule has 0 aliphatic carbocycles. The Labute approximate surface area is 95.0 Å². The molecule has 1 aromatic rings. The van der Waals surface area contributed by atoms with Gasteiger partial charge in [-0.1, -0.05) is 17.7 Å². The van der Waals surface area contributed by atoms with Gasteiger partial charge in [0, 0.05) is 10.6 Å². The molecule has 0 heterocycles. The third kappa shape index (κ3) is 4.88. The summed E-state index contributed by atoms with van der Waals surface area (Å²) in [6.45, 7) is 4.36.